The third-order valence-corrected chi connectivity index (χ3v) is 5.55. The first-order chi connectivity index (χ1) is 14.1. The first-order valence-electron chi connectivity index (χ1n) is 9.89. The summed E-state index contributed by atoms with van der Waals surface area (Å²) in [6.07, 6.45) is 4.01. The summed E-state index contributed by atoms with van der Waals surface area (Å²) in [5.41, 5.74) is 2.02. The van der Waals surface area contributed by atoms with E-state index >= 15 is 0 Å². The highest BCUT2D eigenvalue weighted by molar-refractivity contribution is 6.30. The van der Waals surface area contributed by atoms with Gasteiger partial charge in [-0.25, -0.2) is 4.98 Å². The summed E-state index contributed by atoms with van der Waals surface area (Å²) in [6, 6.07) is 9.10. The van der Waals surface area contributed by atoms with Crippen LogP contribution >= 0.6 is 11.6 Å². The van der Waals surface area contributed by atoms with Crippen molar-refractivity contribution in [2.75, 3.05) is 42.9 Å². The maximum absolute atomic E-state index is 12.6. The fraction of sp³-hybridized carbons (Fsp3) is 0.381. The second-order valence-electron chi connectivity index (χ2n) is 7.36. The van der Waals surface area contributed by atoms with Crippen LogP contribution in [0, 0.1) is 0 Å². The van der Waals surface area contributed by atoms with E-state index in [9.17, 15) is 9.59 Å². The quantitative estimate of drug-likeness (QED) is 0.760. The summed E-state index contributed by atoms with van der Waals surface area (Å²) in [6.45, 7) is 4.23. The van der Waals surface area contributed by atoms with Gasteiger partial charge in [-0.15, -0.1) is 0 Å². The maximum atomic E-state index is 12.6. The minimum atomic E-state index is -0.177. The number of carbonyl (C=O) groups is 2. The van der Waals surface area contributed by atoms with Crippen LogP contribution in [-0.4, -0.2) is 54.4 Å². The zero-order valence-electron chi connectivity index (χ0n) is 16.2. The average molecular weight is 414 g/mol. The molecule has 4 rings (SSSR count). The highest BCUT2D eigenvalue weighted by atomic mass is 35.5. The van der Waals surface area contributed by atoms with Gasteiger partial charge in [-0.3, -0.25) is 9.59 Å². The van der Waals surface area contributed by atoms with Crippen LogP contribution in [0.2, 0.25) is 5.02 Å². The molecule has 1 aromatic carbocycles. The van der Waals surface area contributed by atoms with Crippen LogP contribution in [0.5, 0.6) is 0 Å². The molecule has 29 heavy (non-hydrogen) atoms. The number of nitrogens with zero attached hydrogens (tertiary/aromatic N) is 3. The predicted octanol–water partition coefficient (Wildman–Crippen LogP) is 2.52. The Kier molecular flexibility index (Phi) is 5.97. The van der Waals surface area contributed by atoms with Gasteiger partial charge in [0.1, 0.15) is 0 Å². The Labute approximate surface area is 175 Å². The van der Waals surface area contributed by atoms with Crippen LogP contribution < -0.4 is 15.5 Å². The number of hydrogen-bond donors (Lipinski definition) is 2. The SMILES string of the molecule is O=C(NCCN1CCCC1)c1cnc2c(c1)N(Cc1ccc(Cl)cc1)C(=O)CN2. The zero-order valence-corrected chi connectivity index (χ0v) is 16.9. The molecule has 2 aromatic rings. The van der Waals surface area contributed by atoms with Crippen LogP contribution in [-0.2, 0) is 11.3 Å². The highest BCUT2D eigenvalue weighted by Crippen LogP contribution is 2.30. The summed E-state index contributed by atoms with van der Waals surface area (Å²) >= 11 is 5.95. The standard InChI is InChI=1S/C21H24ClN5O2/c22-17-5-3-15(4-6-17)14-27-18-11-16(12-24-20(18)25-13-19(27)28)21(29)23-7-10-26-8-1-2-9-26/h3-6,11-12H,1-2,7-10,13-14H2,(H,23,29)(H,24,25). The third-order valence-electron chi connectivity index (χ3n) is 5.29. The topological polar surface area (TPSA) is 77.6 Å². The van der Waals surface area contributed by atoms with Crippen molar-refractivity contribution in [3.63, 3.8) is 0 Å². The van der Waals surface area contributed by atoms with E-state index in [2.05, 4.69) is 20.5 Å². The molecule has 2 aliphatic rings. The minimum Gasteiger partial charge on any atom is -0.359 e. The number of pyridine rings is 1. The van der Waals surface area contributed by atoms with E-state index in [1.807, 2.05) is 12.1 Å². The number of aromatic nitrogens is 1. The largest absolute Gasteiger partial charge is 0.359 e. The van der Waals surface area contributed by atoms with E-state index in [0.717, 1.165) is 25.2 Å². The maximum Gasteiger partial charge on any atom is 0.252 e. The molecule has 1 fully saturated rings. The highest BCUT2D eigenvalue weighted by Gasteiger charge is 2.26. The van der Waals surface area contributed by atoms with Gasteiger partial charge in [0.05, 0.1) is 24.3 Å². The van der Waals surface area contributed by atoms with E-state index in [0.29, 0.717) is 35.2 Å². The van der Waals surface area contributed by atoms with Crippen LogP contribution in [0.4, 0.5) is 11.5 Å². The third kappa shape index (κ3) is 4.68. The van der Waals surface area contributed by atoms with Gasteiger partial charge in [-0.05, 0) is 49.7 Å². The van der Waals surface area contributed by atoms with Gasteiger partial charge in [0.25, 0.3) is 5.91 Å². The molecule has 0 radical (unpaired) electrons. The van der Waals surface area contributed by atoms with Crippen molar-refractivity contribution in [3.8, 4) is 0 Å². The molecule has 2 N–H and O–H groups in total. The molecule has 0 bridgehead atoms. The van der Waals surface area contributed by atoms with Gasteiger partial charge in [-0.1, -0.05) is 23.7 Å². The summed E-state index contributed by atoms with van der Waals surface area (Å²) in [5, 5.41) is 6.63. The van der Waals surface area contributed by atoms with Crippen molar-refractivity contribution in [2.45, 2.75) is 19.4 Å². The van der Waals surface area contributed by atoms with Gasteiger partial charge >= 0.3 is 0 Å². The summed E-state index contributed by atoms with van der Waals surface area (Å²) in [7, 11) is 0. The predicted molar refractivity (Wildman–Crippen MR) is 113 cm³/mol. The fourth-order valence-corrected chi connectivity index (χ4v) is 3.82. The number of likely N-dealkylation sites (tertiary alicyclic amines) is 1. The number of nitrogens with one attached hydrogen (secondary N) is 2. The van der Waals surface area contributed by atoms with E-state index in [1.54, 1.807) is 29.3 Å². The molecule has 0 aliphatic carbocycles. The summed E-state index contributed by atoms with van der Waals surface area (Å²) in [5.74, 6) is 0.358. The van der Waals surface area contributed by atoms with E-state index in [-0.39, 0.29) is 18.4 Å². The molecule has 0 unspecified atom stereocenters. The monoisotopic (exact) mass is 413 g/mol. The molecule has 0 saturated carbocycles. The summed E-state index contributed by atoms with van der Waals surface area (Å²) in [4.78, 5) is 33.5. The Balaban J connectivity index is 1.47. The summed E-state index contributed by atoms with van der Waals surface area (Å²) < 4.78 is 0. The van der Waals surface area contributed by atoms with E-state index < -0.39 is 0 Å². The minimum absolute atomic E-state index is 0.0687. The van der Waals surface area contributed by atoms with Crippen molar-refractivity contribution in [3.05, 3.63) is 52.7 Å². The molecular formula is C21H24ClN5O2. The van der Waals surface area contributed by atoms with Gasteiger partial charge in [-0.2, -0.15) is 0 Å². The van der Waals surface area contributed by atoms with Gasteiger partial charge in [0, 0.05) is 24.3 Å². The number of fused-ring (bicyclic) bond motifs is 1. The molecule has 1 aromatic heterocycles. The molecular weight excluding hydrogens is 390 g/mol. The normalized spacial score (nSPS) is 16.4. The lowest BCUT2D eigenvalue weighted by molar-refractivity contribution is -0.117. The van der Waals surface area contributed by atoms with Gasteiger partial charge < -0.3 is 20.4 Å². The number of amides is 2. The second kappa shape index (κ2) is 8.80. The van der Waals surface area contributed by atoms with Crippen LogP contribution in [0.3, 0.4) is 0 Å². The van der Waals surface area contributed by atoms with Crippen molar-refractivity contribution in [2.24, 2.45) is 0 Å². The number of rotatable bonds is 6. The smallest absolute Gasteiger partial charge is 0.252 e. The molecule has 3 heterocycles. The lowest BCUT2D eigenvalue weighted by Crippen LogP contribution is -2.40. The molecule has 1 saturated heterocycles. The molecule has 0 atom stereocenters. The fourth-order valence-electron chi connectivity index (χ4n) is 3.69. The van der Waals surface area contributed by atoms with Gasteiger partial charge in [0.15, 0.2) is 5.82 Å². The van der Waals surface area contributed by atoms with Crippen molar-refractivity contribution in [1.29, 1.82) is 0 Å². The molecule has 0 spiro atoms. The van der Waals surface area contributed by atoms with Crippen molar-refractivity contribution in [1.82, 2.24) is 15.2 Å². The Bertz CT molecular complexity index is 896. The second-order valence-corrected chi connectivity index (χ2v) is 7.79. The molecule has 8 heteroatoms. The number of carbonyl (C=O) groups excluding carboxylic acids is 2. The first-order valence-corrected chi connectivity index (χ1v) is 10.3. The molecule has 2 amide bonds. The lowest BCUT2D eigenvalue weighted by Gasteiger charge is -2.29. The Morgan fingerprint density at radius 1 is 1.21 bits per heavy atom. The molecule has 7 nitrogen and oxygen atoms in total. The van der Waals surface area contributed by atoms with E-state index in [4.69, 9.17) is 11.6 Å². The first kappa shape index (κ1) is 19.7. The molecule has 152 valence electrons. The zero-order chi connectivity index (χ0) is 20.2. The lowest BCUT2D eigenvalue weighted by atomic mass is 10.1. The van der Waals surface area contributed by atoms with Crippen LogP contribution in [0.25, 0.3) is 0 Å². The van der Waals surface area contributed by atoms with Crippen molar-refractivity contribution >= 4 is 34.9 Å². The molecule has 2 aliphatic heterocycles. The van der Waals surface area contributed by atoms with Gasteiger partial charge in [0.2, 0.25) is 5.91 Å². The van der Waals surface area contributed by atoms with Crippen molar-refractivity contribution < 1.29 is 9.59 Å². The van der Waals surface area contributed by atoms with E-state index in [1.165, 1.54) is 12.8 Å². The van der Waals surface area contributed by atoms with Crippen LogP contribution in [0.1, 0.15) is 28.8 Å². The Hall–Kier alpha value is -2.64. The Morgan fingerprint density at radius 3 is 2.72 bits per heavy atom. The Morgan fingerprint density at radius 2 is 1.97 bits per heavy atom. The number of hydrogen-bond acceptors (Lipinski definition) is 5. The number of benzene rings is 1. The van der Waals surface area contributed by atoms with Crippen LogP contribution in [0.15, 0.2) is 36.5 Å². The number of anilines is 2. The number of halogens is 1. The average Bonchev–Trinajstić information content (AvgIpc) is 3.25.